The molecule has 2 fully saturated rings. The quantitative estimate of drug-likeness (QED) is 0.771. The van der Waals surface area contributed by atoms with Gasteiger partial charge in [-0.25, -0.2) is 0 Å². The number of aromatic hydroxyl groups is 1. The maximum absolute atomic E-state index is 10.3. The van der Waals surface area contributed by atoms with Gasteiger partial charge in [0.15, 0.2) is 0 Å². The van der Waals surface area contributed by atoms with Crippen LogP contribution in [0.4, 0.5) is 0 Å². The molecule has 2 aliphatic rings. The average molecular weight is 298 g/mol. The van der Waals surface area contributed by atoms with Crippen LogP contribution in [0.1, 0.15) is 51.5 Å². The van der Waals surface area contributed by atoms with E-state index in [-0.39, 0.29) is 17.3 Å². The fourth-order valence-electron chi connectivity index (χ4n) is 4.89. The fourth-order valence-corrected chi connectivity index (χ4v) is 4.89. The monoisotopic (exact) mass is 298 g/mol. The van der Waals surface area contributed by atoms with Crippen molar-refractivity contribution in [3.63, 3.8) is 0 Å². The van der Waals surface area contributed by atoms with E-state index in [4.69, 9.17) is 0 Å². The number of fused-ring (bicyclic) bond motifs is 1. The maximum Gasteiger partial charge on any atom is 0.116 e. The molecule has 22 heavy (non-hydrogen) atoms. The van der Waals surface area contributed by atoms with Gasteiger partial charge in [0, 0.05) is 11.5 Å². The number of aliphatic hydroxyl groups excluding tert-OH is 1. The van der Waals surface area contributed by atoms with Crippen LogP contribution in [-0.4, -0.2) is 16.3 Å². The third-order valence-corrected chi connectivity index (χ3v) is 6.06. The minimum absolute atomic E-state index is 0.116. The molecule has 0 heterocycles. The molecule has 2 aliphatic carbocycles. The zero-order valence-electron chi connectivity index (χ0n) is 13.5. The molecular formula is C20H26O2. The summed E-state index contributed by atoms with van der Waals surface area (Å²) in [5.74, 6) is 8.22. The number of rotatable bonds is 1. The fraction of sp³-hybridized carbons (Fsp3) is 0.600. The minimum atomic E-state index is -0.116. The third-order valence-electron chi connectivity index (χ3n) is 6.06. The Kier molecular flexibility index (Phi) is 4.19. The van der Waals surface area contributed by atoms with Gasteiger partial charge in [0.05, 0.1) is 6.10 Å². The molecule has 1 aromatic rings. The van der Waals surface area contributed by atoms with Crippen LogP contribution in [-0.2, 0) is 0 Å². The Bertz CT molecular complexity index is 597. The van der Waals surface area contributed by atoms with Crippen molar-refractivity contribution < 1.29 is 10.2 Å². The van der Waals surface area contributed by atoms with Gasteiger partial charge in [-0.05, 0) is 61.1 Å². The third kappa shape index (κ3) is 2.75. The van der Waals surface area contributed by atoms with E-state index in [0.29, 0.717) is 17.8 Å². The highest BCUT2D eigenvalue weighted by Crippen LogP contribution is 2.57. The molecule has 1 unspecified atom stereocenters. The summed E-state index contributed by atoms with van der Waals surface area (Å²) in [6, 6.07) is 7.14. The van der Waals surface area contributed by atoms with Crippen LogP contribution in [0.5, 0.6) is 5.75 Å². The zero-order chi connectivity index (χ0) is 15.7. The van der Waals surface area contributed by atoms with Crippen molar-refractivity contribution in [1.82, 2.24) is 0 Å². The second kappa shape index (κ2) is 5.97. The predicted molar refractivity (Wildman–Crippen MR) is 88.3 cm³/mol. The SMILES string of the molecule is C[C@H](C#Cc1cccc(O)c1)[C@H]1CC[C@H]2[C@@H](O)CCCC12C. The molecule has 0 spiro atoms. The summed E-state index contributed by atoms with van der Waals surface area (Å²) in [6.07, 6.45) is 5.52. The summed E-state index contributed by atoms with van der Waals surface area (Å²) in [4.78, 5) is 0. The number of benzene rings is 1. The van der Waals surface area contributed by atoms with Crippen molar-refractivity contribution in [2.45, 2.75) is 52.1 Å². The average Bonchev–Trinajstić information content (AvgIpc) is 2.83. The van der Waals surface area contributed by atoms with Crippen LogP contribution in [0.2, 0.25) is 0 Å². The Morgan fingerprint density at radius 2 is 2.09 bits per heavy atom. The molecule has 0 aliphatic heterocycles. The molecule has 0 bridgehead atoms. The number of phenolic OH excluding ortho intramolecular Hbond substituents is 1. The van der Waals surface area contributed by atoms with Gasteiger partial charge in [-0.2, -0.15) is 0 Å². The van der Waals surface area contributed by atoms with E-state index in [2.05, 4.69) is 25.7 Å². The molecule has 0 saturated heterocycles. The van der Waals surface area contributed by atoms with Crippen molar-refractivity contribution in [3.05, 3.63) is 29.8 Å². The molecule has 2 nitrogen and oxygen atoms in total. The molecule has 118 valence electrons. The number of hydrogen-bond donors (Lipinski definition) is 2. The smallest absolute Gasteiger partial charge is 0.116 e. The van der Waals surface area contributed by atoms with Gasteiger partial charge >= 0.3 is 0 Å². The van der Waals surface area contributed by atoms with Crippen LogP contribution in [0.15, 0.2) is 24.3 Å². The Morgan fingerprint density at radius 1 is 1.27 bits per heavy atom. The Hall–Kier alpha value is -1.46. The molecule has 3 rings (SSSR count). The van der Waals surface area contributed by atoms with Crippen LogP contribution < -0.4 is 0 Å². The van der Waals surface area contributed by atoms with Crippen LogP contribution in [0.3, 0.4) is 0 Å². The van der Waals surface area contributed by atoms with Crippen molar-refractivity contribution in [2.24, 2.45) is 23.2 Å². The molecule has 1 aromatic carbocycles. The number of hydrogen-bond acceptors (Lipinski definition) is 2. The van der Waals surface area contributed by atoms with E-state index >= 15 is 0 Å². The summed E-state index contributed by atoms with van der Waals surface area (Å²) in [7, 11) is 0. The highest BCUT2D eigenvalue weighted by molar-refractivity contribution is 5.39. The standard InChI is InChI=1S/C20H26O2/c1-14(8-9-15-5-3-6-16(21)13-15)17-10-11-18-19(22)7-4-12-20(17,18)2/h3,5-6,13-14,17-19,21-22H,4,7,10-12H2,1-2H3/t14-,17-,18+,19+,20?/m1/s1. The summed E-state index contributed by atoms with van der Waals surface area (Å²) in [6.45, 7) is 4.58. The van der Waals surface area contributed by atoms with Gasteiger partial charge in [-0.3, -0.25) is 0 Å². The molecule has 0 aromatic heterocycles. The first-order valence-electron chi connectivity index (χ1n) is 8.49. The first kappa shape index (κ1) is 15.4. The van der Waals surface area contributed by atoms with E-state index in [0.717, 1.165) is 24.8 Å². The summed E-state index contributed by atoms with van der Waals surface area (Å²) in [5.41, 5.74) is 1.11. The minimum Gasteiger partial charge on any atom is -0.508 e. The first-order chi connectivity index (χ1) is 10.5. The van der Waals surface area contributed by atoms with Gasteiger partial charge in [0.2, 0.25) is 0 Å². The van der Waals surface area contributed by atoms with Crippen molar-refractivity contribution in [2.75, 3.05) is 0 Å². The molecule has 0 radical (unpaired) electrons. The Balaban J connectivity index is 1.77. The largest absolute Gasteiger partial charge is 0.508 e. The van der Waals surface area contributed by atoms with E-state index in [1.165, 1.54) is 12.8 Å². The zero-order valence-corrected chi connectivity index (χ0v) is 13.5. The van der Waals surface area contributed by atoms with Crippen molar-refractivity contribution in [3.8, 4) is 17.6 Å². The molecular weight excluding hydrogens is 272 g/mol. The van der Waals surface area contributed by atoms with E-state index < -0.39 is 0 Å². The second-order valence-corrected chi connectivity index (χ2v) is 7.36. The maximum atomic E-state index is 10.3. The predicted octanol–water partition coefficient (Wildman–Crippen LogP) is 3.96. The summed E-state index contributed by atoms with van der Waals surface area (Å²) < 4.78 is 0. The topological polar surface area (TPSA) is 40.5 Å². The molecule has 0 amide bonds. The second-order valence-electron chi connectivity index (χ2n) is 7.36. The summed E-state index contributed by atoms with van der Waals surface area (Å²) in [5, 5.41) is 19.8. The Labute approximate surface area is 133 Å². The van der Waals surface area contributed by atoms with Crippen molar-refractivity contribution >= 4 is 0 Å². The van der Waals surface area contributed by atoms with Gasteiger partial charge in [0.1, 0.15) is 5.75 Å². The lowest BCUT2D eigenvalue weighted by Gasteiger charge is -2.44. The molecule has 5 atom stereocenters. The number of phenols is 1. The molecule has 2 heteroatoms. The molecule has 2 N–H and O–H groups in total. The first-order valence-corrected chi connectivity index (χ1v) is 8.49. The van der Waals surface area contributed by atoms with Gasteiger partial charge in [-0.1, -0.05) is 38.2 Å². The van der Waals surface area contributed by atoms with Gasteiger partial charge < -0.3 is 10.2 Å². The lowest BCUT2D eigenvalue weighted by molar-refractivity contribution is -0.0224. The molecule has 2 saturated carbocycles. The highest BCUT2D eigenvalue weighted by Gasteiger charge is 2.52. The van der Waals surface area contributed by atoms with E-state index in [1.807, 2.05) is 12.1 Å². The van der Waals surface area contributed by atoms with Gasteiger partial charge in [-0.15, -0.1) is 0 Å². The lowest BCUT2D eigenvalue weighted by Crippen LogP contribution is -2.41. The Morgan fingerprint density at radius 3 is 2.86 bits per heavy atom. The number of aliphatic hydroxyl groups is 1. The lowest BCUT2D eigenvalue weighted by atomic mass is 9.62. The highest BCUT2D eigenvalue weighted by atomic mass is 16.3. The van der Waals surface area contributed by atoms with Crippen molar-refractivity contribution in [1.29, 1.82) is 0 Å². The normalized spacial score (nSPS) is 35.3. The van der Waals surface area contributed by atoms with Crippen LogP contribution >= 0.6 is 0 Å². The summed E-state index contributed by atoms with van der Waals surface area (Å²) >= 11 is 0. The van der Waals surface area contributed by atoms with Gasteiger partial charge in [0.25, 0.3) is 0 Å². The van der Waals surface area contributed by atoms with Crippen LogP contribution in [0, 0.1) is 35.0 Å². The van der Waals surface area contributed by atoms with E-state index in [9.17, 15) is 10.2 Å². The van der Waals surface area contributed by atoms with E-state index in [1.54, 1.807) is 12.1 Å². The van der Waals surface area contributed by atoms with Crippen LogP contribution in [0.25, 0.3) is 0 Å².